The summed E-state index contributed by atoms with van der Waals surface area (Å²) in [5.41, 5.74) is 4.01. The quantitative estimate of drug-likeness (QED) is 0.532. The number of nitrogens with zero attached hydrogens (tertiary/aromatic N) is 5. The van der Waals surface area contributed by atoms with Gasteiger partial charge in [-0.1, -0.05) is 30.3 Å². The molecule has 4 aromatic rings. The molecule has 1 unspecified atom stereocenters. The van der Waals surface area contributed by atoms with Crippen molar-refractivity contribution < 1.29 is 4.52 Å². The molecular formula is C21H21N5O. The fourth-order valence-electron chi connectivity index (χ4n) is 3.22. The normalized spacial score (nSPS) is 12.3. The van der Waals surface area contributed by atoms with Crippen LogP contribution in [0.1, 0.15) is 35.7 Å². The van der Waals surface area contributed by atoms with Gasteiger partial charge in [0.15, 0.2) is 5.82 Å². The predicted molar refractivity (Wildman–Crippen MR) is 103 cm³/mol. The Morgan fingerprint density at radius 2 is 1.78 bits per heavy atom. The maximum absolute atomic E-state index is 5.32. The molecule has 0 bridgehead atoms. The zero-order chi connectivity index (χ0) is 18.8. The first kappa shape index (κ1) is 17.1. The van der Waals surface area contributed by atoms with E-state index in [1.165, 1.54) is 0 Å². The van der Waals surface area contributed by atoms with Crippen LogP contribution in [-0.2, 0) is 6.42 Å². The second kappa shape index (κ2) is 7.15. The van der Waals surface area contributed by atoms with Gasteiger partial charge < -0.3 is 4.52 Å². The monoisotopic (exact) mass is 359 g/mol. The SMILES string of the molecule is Cc1noc(C)c1CC(C)c1nc(-c2ccncc2)nn1-c1ccccc1. The lowest BCUT2D eigenvalue weighted by molar-refractivity contribution is 0.392. The van der Waals surface area contributed by atoms with Crippen LogP contribution in [0.5, 0.6) is 0 Å². The van der Waals surface area contributed by atoms with Gasteiger partial charge in [0.25, 0.3) is 0 Å². The lowest BCUT2D eigenvalue weighted by Crippen LogP contribution is -2.09. The summed E-state index contributed by atoms with van der Waals surface area (Å²) in [6.07, 6.45) is 4.31. The number of hydrogen-bond donors (Lipinski definition) is 0. The molecular weight excluding hydrogens is 338 g/mol. The molecule has 0 radical (unpaired) electrons. The van der Waals surface area contributed by atoms with Crippen molar-refractivity contribution in [1.29, 1.82) is 0 Å². The van der Waals surface area contributed by atoms with E-state index in [1.807, 2.05) is 61.0 Å². The zero-order valence-electron chi connectivity index (χ0n) is 15.6. The molecule has 0 aliphatic carbocycles. The van der Waals surface area contributed by atoms with Crippen LogP contribution >= 0.6 is 0 Å². The smallest absolute Gasteiger partial charge is 0.181 e. The summed E-state index contributed by atoms with van der Waals surface area (Å²) in [6.45, 7) is 6.08. The number of aromatic nitrogens is 5. The molecule has 0 fully saturated rings. The summed E-state index contributed by atoms with van der Waals surface area (Å²) in [5, 5.41) is 8.86. The van der Waals surface area contributed by atoms with Crippen molar-refractivity contribution in [3.63, 3.8) is 0 Å². The molecule has 0 N–H and O–H groups in total. The van der Waals surface area contributed by atoms with E-state index >= 15 is 0 Å². The summed E-state index contributed by atoms with van der Waals surface area (Å²) < 4.78 is 7.25. The summed E-state index contributed by atoms with van der Waals surface area (Å²) in [6, 6.07) is 13.9. The van der Waals surface area contributed by atoms with Crippen LogP contribution in [0.3, 0.4) is 0 Å². The molecule has 1 atom stereocenters. The van der Waals surface area contributed by atoms with E-state index < -0.39 is 0 Å². The third kappa shape index (κ3) is 3.38. The van der Waals surface area contributed by atoms with Crippen LogP contribution < -0.4 is 0 Å². The molecule has 1 aromatic carbocycles. The highest BCUT2D eigenvalue weighted by Gasteiger charge is 2.21. The second-order valence-electron chi connectivity index (χ2n) is 6.68. The average Bonchev–Trinajstić information content (AvgIpc) is 3.29. The molecule has 136 valence electrons. The van der Waals surface area contributed by atoms with Crippen molar-refractivity contribution in [2.24, 2.45) is 0 Å². The fraction of sp³-hybridized carbons (Fsp3) is 0.238. The van der Waals surface area contributed by atoms with Gasteiger partial charge in [0, 0.05) is 29.4 Å². The third-order valence-corrected chi connectivity index (χ3v) is 4.70. The van der Waals surface area contributed by atoms with E-state index in [-0.39, 0.29) is 5.92 Å². The minimum atomic E-state index is 0.144. The molecule has 6 heteroatoms. The molecule has 0 aliphatic rings. The number of aryl methyl sites for hydroxylation is 2. The standard InChI is InChI=1S/C21H21N5O/c1-14(13-19-15(2)25-27-16(19)3)21-23-20(17-9-11-22-12-10-17)24-26(21)18-7-5-4-6-8-18/h4-12,14H,13H2,1-3H3. The van der Waals surface area contributed by atoms with E-state index in [4.69, 9.17) is 14.6 Å². The van der Waals surface area contributed by atoms with Gasteiger partial charge in [-0.15, -0.1) is 5.10 Å². The van der Waals surface area contributed by atoms with Crippen LogP contribution in [0.25, 0.3) is 17.1 Å². The maximum atomic E-state index is 5.32. The molecule has 0 saturated heterocycles. The average molecular weight is 359 g/mol. The first-order valence-electron chi connectivity index (χ1n) is 8.98. The molecule has 3 heterocycles. The van der Waals surface area contributed by atoms with Gasteiger partial charge in [-0.25, -0.2) is 9.67 Å². The van der Waals surface area contributed by atoms with Crippen molar-refractivity contribution in [2.75, 3.05) is 0 Å². The molecule has 0 spiro atoms. The van der Waals surface area contributed by atoms with Crippen LogP contribution in [0.15, 0.2) is 59.4 Å². The predicted octanol–water partition coefficient (Wildman–Crippen LogP) is 4.28. The van der Waals surface area contributed by atoms with Crippen molar-refractivity contribution >= 4 is 0 Å². The number of pyridine rings is 1. The van der Waals surface area contributed by atoms with Crippen LogP contribution in [-0.4, -0.2) is 24.9 Å². The Bertz CT molecular complexity index is 1020. The van der Waals surface area contributed by atoms with Crippen molar-refractivity contribution in [3.8, 4) is 17.1 Å². The summed E-state index contributed by atoms with van der Waals surface area (Å²) in [4.78, 5) is 8.95. The minimum Gasteiger partial charge on any atom is -0.361 e. The van der Waals surface area contributed by atoms with Crippen molar-refractivity contribution in [3.05, 3.63) is 77.7 Å². The Hall–Kier alpha value is -3.28. The third-order valence-electron chi connectivity index (χ3n) is 4.70. The first-order valence-corrected chi connectivity index (χ1v) is 8.98. The fourth-order valence-corrected chi connectivity index (χ4v) is 3.22. The highest BCUT2D eigenvalue weighted by Crippen LogP contribution is 2.27. The summed E-state index contributed by atoms with van der Waals surface area (Å²) >= 11 is 0. The number of para-hydroxylation sites is 1. The highest BCUT2D eigenvalue weighted by atomic mass is 16.5. The lowest BCUT2D eigenvalue weighted by Gasteiger charge is -2.12. The molecule has 0 aliphatic heterocycles. The lowest BCUT2D eigenvalue weighted by atomic mass is 9.99. The van der Waals surface area contributed by atoms with Gasteiger partial charge in [0.05, 0.1) is 11.4 Å². The molecule has 27 heavy (non-hydrogen) atoms. The molecule has 6 nitrogen and oxygen atoms in total. The molecule has 4 rings (SSSR count). The number of benzene rings is 1. The number of hydrogen-bond acceptors (Lipinski definition) is 5. The number of rotatable bonds is 5. The molecule has 0 amide bonds. The van der Waals surface area contributed by atoms with E-state index in [2.05, 4.69) is 17.1 Å². The maximum Gasteiger partial charge on any atom is 0.181 e. The molecule has 0 saturated carbocycles. The van der Waals surface area contributed by atoms with Gasteiger partial charge in [0.2, 0.25) is 0 Å². The van der Waals surface area contributed by atoms with Crippen LogP contribution in [0, 0.1) is 13.8 Å². The zero-order valence-corrected chi connectivity index (χ0v) is 15.6. The largest absolute Gasteiger partial charge is 0.361 e. The van der Waals surface area contributed by atoms with Crippen molar-refractivity contribution in [2.45, 2.75) is 33.1 Å². The second-order valence-corrected chi connectivity index (χ2v) is 6.68. The van der Waals surface area contributed by atoms with E-state index in [0.717, 1.165) is 40.5 Å². The summed E-state index contributed by atoms with van der Waals surface area (Å²) in [7, 11) is 0. The van der Waals surface area contributed by atoms with Gasteiger partial charge in [0.1, 0.15) is 11.6 Å². The van der Waals surface area contributed by atoms with Crippen LogP contribution in [0.4, 0.5) is 0 Å². The topological polar surface area (TPSA) is 69.6 Å². The Morgan fingerprint density at radius 1 is 1.04 bits per heavy atom. The van der Waals surface area contributed by atoms with E-state index in [1.54, 1.807) is 12.4 Å². The molecule has 3 aromatic heterocycles. The Morgan fingerprint density at radius 3 is 2.44 bits per heavy atom. The van der Waals surface area contributed by atoms with Gasteiger partial charge in [-0.3, -0.25) is 4.98 Å². The van der Waals surface area contributed by atoms with Crippen LogP contribution in [0.2, 0.25) is 0 Å². The van der Waals surface area contributed by atoms with E-state index in [9.17, 15) is 0 Å². The minimum absolute atomic E-state index is 0.144. The van der Waals surface area contributed by atoms with Crippen molar-refractivity contribution in [1.82, 2.24) is 24.9 Å². The van der Waals surface area contributed by atoms with Gasteiger partial charge in [-0.2, -0.15) is 0 Å². The Balaban J connectivity index is 1.77. The van der Waals surface area contributed by atoms with E-state index in [0.29, 0.717) is 5.82 Å². The van der Waals surface area contributed by atoms with Gasteiger partial charge in [-0.05, 0) is 44.5 Å². The highest BCUT2D eigenvalue weighted by molar-refractivity contribution is 5.54. The summed E-state index contributed by atoms with van der Waals surface area (Å²) in [5.74, 6) is 2.61. The Kier molecular flexibility index (Phi) is 4.54. The Labute approximate surface area is 157 Å². The van der Waals surface area contributed by atoms with Gasteiger partial charge >= 0.3 is 0 Å². The first-order chi connectivity index (χ1) is 13.1.